The van der Waals surface area contributed by atoms with E-state index >= 15 is 0 Å². The number of aromatic nitrogens is 1. The summed E-state index contributed by atoms with van der Waals surface area (Å²) in [5, 5.41) is 6.82. The van der Waals surface area contributed by atoms with Crippen molar-refractivity contribution in [2.45, 2.75) is 66.3 Å². The van der Waals surface area contributed by atoms with Gasteiger partial charge in [0.1, 0.15) is 12.3 Å². The standard InChI is InChI=1S/C17H30N4O/c1-5-17(9-7-8-10-17)12-20-16(18-6-2)19-11-15-21-13(3)14(4)22-15/h5-12H2,1-4H3,(H2,18,19,20). The van der Waals surface area contributed by atoms with E-state index in [9.17, 15) is 0 Å². The van der Waals surface area contributed by atoms with Crippen molar-refractivity contribution in [2.75, 3.05) is 13.1 Å². The second kappa shape index (κ2) is 7.65. The number of hydrogen-bond donors (Lipinski definition) is 2. The van der Waals surface area contributed by atoms with Gasteiger partial charge in [-0.05, 0) is 45.4 Å². The smallest absolute Gasteiger partial charge is 0.216 e. The van der Waals surface area contributed by atoms with E-state index in [1.54, 1.807) is 0 Å². The minimum Gasteiger partial charge on any atom is -0.444 e. The number of nitrogens with one attached hydrogen (secondary N) is 2. The Morgan fingerprint density at radius 1 is 1.23 bits per heavy atom. The van der Waals surface area contributed by atoms with Gasteiger partial charge in [-0.15, -0.1) is 0 Å². The molecule has 0 spiro atoms. The van der Waals surface area contributed by atoms with Crippen LogP contribution >= 0.6 is 0 Å². The van der Waals surface area contributed by atoms with Gasteiger partial charge in [-0.2, -0.15) is 0 Å². The Morgan fingerprint density at radius 2 is 1.95 bits per heavy atom. The summed E-state index contributed by atoms with van der Waals surface area (Å²) in [4.78, 5) is 8.98. The third-order valence-electron chi connectivity index (χ3n) is 4.83. The van der Waals surface area contributed by atoms with Crippen molar-refractivity contribution in [3.8, 4) is 0 Å². The van der Waals surface area contributed by atoms with E-state index in [-0.39, 0.29) is 0 Å². The van der Waals surface area contributed by atoms with Crippen molar-refractivity contribution < 1.29 is 4.42 Å². The van der Waals surface area contributed by atoms with E-state index in [4.69, 9.17) is 4.42 Å². The number of hydrogen-bond acceptors (Lipinski definition) is 3. The summed E-state index contributed by atoms with van der Waals surface area (Å²) in [5.74, 6) is 2.41. The summed E-state index contributed by atoms with van der Waals surface area (Å²) in [5.41, 5.74) is 1.39. The topological polar surface area (TPSA) is 62.5 Å². The van der Waals surface area contributed by atoms with Crippen LogP contribution in [0.5, 0.6) is 0 Å². The predicted octanol–water partition coefficient (Wildman–Crippen LogP) is 3.32. The van der Waals surface area contributed by atoms with Gasteiger partial charge >= 0.3 is 0 Å². The molecule has 0 aromatic carbocycles. The first-order valence-corrected chi connectivity index (χ1v) is 8.53. The van der Waals surface area contributed by atoms with Crippen LogP contribution in [0.25, 0.3) is 0 Å². The first kappa shape index (κ1) is 16.8. The monoisotopic (exact) mass is 306 g/mol. The molecule has 1 aromatic heterocycles. The molecule has 0 bridgehead atoms. The fourth-order valence-electron chi connectivity index (χ4n) is 3.15. The number of oxazole rings is 1. The normalized spacial score (nSPS) is 17.7. The minimum atomic E-state index is 0.451. The Labute approximate surface area is 134 Å². The highest BCUT2D eigenvalue weighted by Crippen LogP contribution is 2.40. The van der Waals surface area contributed by atoms with Crippen LogP contribution in [0.2, 0.25) is 0 Å². The minimum absolute atomic E-state index is 0.451. The average molecular weight is 306 g/mol. The second-order valence-electron chi connectivity index (χ2n) is 6.36. The number of aryl methyl sites for hydroxylation is 2. The number of guanidine groups is 1. The van der Waals surface area contributed by atoms with E-state index in [1.807, 2.05) is 13.8 Å². The molecule has 1 heterocycles. The molecule has 5 nitrogen and oxygen atoms in total. The summed E-state index contributed by atoms with van der Waals surface area (Å²) >= 11 is 0. The highest BCUT2D eigenvalue weighted by molar-refractivity contribution is 5.79. The lowest BCUT2D eigenvalue weighted by atomic mass is 9.83. The first-order valence-electron chi connectivity index (χ1n) is 8.53. The molecule has 0 radical (unpaired) electrons. The maximum absolute atomic E-state index is 5.59. The molecule has 0 atom stereocenters. The van der Waals surface area contributed by atoms with Crippen molar-refractivity contribution in [1.82, 2.24) is 15.6 Å². The molecule has 0 saturated heterocycles. The van der Waals surface area contributed by atoms with Gasteiger partial charge in [0, 0.05) is 13.1 Å². The molecule has 2 N–H and O–H groups in total. The molecule has 124 valence electrons. The maximum Gasteiger partial charge on any atom is 0.216 e. The molecule has 0 aliphatic heterocycles. The van der Waals surface area contributed by atoms with E-state index in [0.29, 0.717) is 17.9 Å². The van der Waals surface area contributed by atoms with E-state index in [0.717, 1.165) is 30.5 Å². The summed E-state index contributed by atoms with van der Waals surface area (Å²) in [6.07, 6.45) is 6.61. The Kier molecular flexibility index (Phi) is 5.86. The largest absolute Gasteiger partial charge is 0.444 e. The fraction of sp³-hybridized carbons (Fsp3) is 0.765. The molecule has 22 heavy (non-hydrogen) atoms. The second-order valence-corrected chi connectivity index (χ2v) is 6.36. The Morgan fingerprint density at radius 3 is 2.50 bits per heavy atom. The third-order valence-corrected chi connectivity index (χ3v) is 4.83. The molecule has 1 aromatic rings. The number of aliphatic imine (C=N–C) groups is 1. The van der Waals surface area contributed by atoms with Gasteiger partial charge in [0.25, 0.3) is 0 Å². The van der Waals surface area contributed by atoms with Gasteiger partial charge in [0.05, 0.1) is 5.69 Å². The van der Waals surface area contributed by atoms with Crippen LogP contribution in [-0.2, 0) is 6.54 Å². The fourth-order valence-corrected chi connectivity index (χ4v) is 3.15. The average Bonchev–Trinajstić information content (AvgIpc) is 3.10. The lowest BCUT2D eigenvalue weighted by molar-refractivity contribution is 0.283. The highest BCUT2D eigenvalue weighted by Gasteiger charge is 2.31. The molecule has 0 amide bonds. The van der Waals surface area contributed by atoms with Crippen LogP contribution in [-0.4, -0.2) is 24.0 Å². The van der Waals surface area contributed by atoms with Crippen molar-refractivity contribution in [3.63, 3.8) is 0 Å². The molecule has 1 saturated carbocycles. The van der Waals surface area contributed by atoms with Crippen molar-refractivity contribution in [2.24, 2.45) is 10.4 Å². The third kappa shape index (κ3) is 4.24. The zero-order valence-electron chi connectivity index (χ0n) is 14.5. The van der Waals surface area contributed by atoms with Crippen LogP contribution in [0.3, 0.4) is 0 Å². The van der Waals surface area contributed by atoms with E-state index < -0.39 is 0 Å². The first-order chi connectivity index (χ1) is 10.6. The van der Waals surface area contributed by atoms with Crippen LogP contribution in [0.1, 0.15) is 63.3 Å². The van der Waals surface area contributed by atoms with Gasteiger partial charge in [0.2, 0.25) is 5.89 Å². The lowest BCUT2D eigenvalue weighted by Gasteiger charge is -2.28. The van der Waals surface area contributed by atoms with Gasteiger partial charge < -0.3 is 15.1 Å². The Hall–Kier alpha value is -1.52. The molecule has 1 fully saturated rings. The molecule has 1 aliphatic rings. The van der Waals surface area contributed by atoms with Gasteiger partial charge in [-0.1, -0.05) is 19.8 Å². The quantitative estimate of drug-likeness (QED) is 0.625. The summed E-state index contributed by atoms with van der Waals surface area (Å²) in [7, 11) is 0. The molecular weight excluding hydrogens is 276 g/mol. The maximum atomic E-state index is 5.59. The molecule has 2 rings (SSSR count). The summed E-state index contributed by atoms with van der Waals surface area (Å²) in [6.45, 7) is 10.6. The predicted molar refractivity (Wildman–Crippen MR) is 90.0 cm³/mol. The highest BCUT2D eigenvalue weighted by atomic mass is 16.4. The number of nitrogens with zero attached hydrogens (tertiary/aromatic N) is 2. The van der Waals surface area contributed by atoms with Crippen LogP contribution in [0.4, 0.5) is 0 Å². The molecule has 0 unspecified atom stereocenters. The SMILES string of the molecule is CCNC(=NCc1nc(C)c(C)o1)NCC1(CC)CCCC1. The Balaban J connectivity index is 1.95. The van der Waals surface area contributed by atoms with Gasteiger partial charge in [-0.3, -0.25) is 0 Å². The van der Waals surface area contributed by atoms with Crippen molar-refractivity contribution in [3.05, 3.63) is 17.3 Å². The van der Waals surface area contributed by atoms with E-state index in [2.05, 4.69) is 34.5 Å². The zero-order chi connectivity index (χ0) is 16.0. The van der Waals surface area contributed by atoms with Gasteiger partial charge in [0.15, 0.2) is 5.96 Å². The summed E-state index contributed by atoms with van der Waals surface area (Å²) in [6, 6.07) is 0. The van der Waals surface area contributed by atoms with Crippen LogP contribution in [0, 0.1) is 19.3 Å². The molecule has 1 aliphatic carbocycles. The zero-order valence-corrected chi connectivity index (χ0v) is 14.5. The molecular formula is C17H30N4O. The molecule has 5 heteroatoms. The van der Waals surface area contributed by atoms with E-state index in [1.165, 1.54) is 32.1 Å². The van der Waals surface area contributed by atoms with Crippen molar-refractivity contribution >= 4 is 5.96 Å². The van der Waals surface area contributed by atoms with Crippen LogP contribution < -0.4 is 10.6 Å². The summed E-state index contributed by atoms with van der Waals surface area (Å²) < 4.78 is 5.59. The van der Waals surface area contributed by atoms with Gasteiger partial charge in [-0.25, -0.2) is 9.98 Å². The van der Waals surface area contributed by atoms with Crippen LogP contribution in [0.15, 0.2) is 9.41 Å². The lowest BCUT2D eigenvalue weighted by Crippen LogP contribution is -2.42. The number of rotatable bonds is 6. The van der Waals surface area contributed by atoms with Crippen molar-refractivity contribution in [1.29, 1.82) is 0 Å². The Bertz CT molecular complexity index is 481.